The third-order valence-electron chi connectivity index (χ3n) is 4.20. The molecule has 0 unspecified atom stereocenters. The number of benzene rings is 2. The molecular formula is C18H18O5. The van der Waals surface area contributed by atoms with E-state index in [-0.39, 0.29) is 34.3 Å². The van der Waals surface area contributed by atoms with E-state index in [0.717, 1.165) is 6.07 Å². The molecule has 0 bridgehead atoms. The van der Waals surface area contributed by atoms with Crippen LogP contribution in [0, 0.1) is 0 Å². The molecule has 2 aromatic rings. The lowest BCUT2D eigenvalue weighted by molar-refractivity contribution is 0.102. The van der Waals surface area contributed by atoms with Crippen LogP contribution in [0.4, 0.5) is 0 Å². The van der Waals surface area contributed by atoms with E-state index in [1.807, 2.05) is 13.8 Å². The van der Waals surface area contributed by atoms with Gasteiger partial charge in [-0.05, 0) is 35.6 Å². The second-order valence-electron chi connectivity index (χ2n) is 6.03. The number of fused-ring (bicyclic) bond motifs is 2. The molecule has 2 aromatic carbocycles. The lowest BCUT2D eigenvalue weighted by atomic mass is 9.81. The number of phenolic OH excluding ortho intramolecular Hbond substituents is 3. The lowest BCUT2D eigenvalue weighted by Crippen LogP contribution is -2.17. The Morgan fingerprint density at radius 2 is 1.70 bits per heavy atom. The second-order valence-corrected chi connectivity index (χ2v) is 6.03. The van der Waals surface area contributed by atoms with Crippen LogP contribution in [0.1, 0.15) is 52.4 Å². The number of ether oxygens (including phenoxy) is 1. The van der Waals surface area contributed by atoms with Gasteiger partial charge in [-0.2, -0.15) is 0 Å². The first-order chi connectivity index (χ1) is 10.8. The molecule has 0 saturated heterocycles. The predicted octanol–water partition coefficient (Wildman–Crippen LogP) is 3.07. The maximum atomic E-state index is 12.8. The van der Waals surface area contributed by atoms with Gasteiger partial charge < -0.3 is 20.1 Å². The first kappa shape index (κ1) is 15.2. The minimum absolute atomic E-state index is 0.0298. The molecule has 0 aliphatic heterocycles. The maximum absolute atomic E-state index is 12.8. The quantitative estimate of drug-likeness (QED) is 0.676. The fourth-order valence-corrected chi connectivity index (χ4v) is 3.23. The van der Waals surface area contributed by atoms with Crippen molar-refractivity contribution in [1.82, 2.24) is 0 Å². The third kappa shape index (κ3) is 2.20. The van der Waals surface area contributed by atoms with E-state index in [1.165, 1.54) is 13.2 Å². The smallest absolute Gasteiger partial charge is 0.201 e. The van der Waals surface area contributed by atoms with Gasteiger partial charge in [0.05, 0.1) is 18.2 Å². The largest absolute Gasteiger partial charge is 0.508 e. The van der Waals surface area contributed by atoms with E-state index in [4.69, 9.17) is 4.74 Å². The van der Waals surface area contributed by atoms with E-state index in [0.29, 0.717) is 28.9 Å². The van der Waals surface area contributed by atoms with Crippen LogP contribution in [0.5, 0.6) is 23.0 Å². The van der Waals surface area contributed by atoms with Crippen LogP contribution in [-0.4, -0.2) is 28.2 Å². The number of rotatable bonds is 2. The molecule has 0 atom stereocenters. The number of phenols is 3. The van der Waals surface area contributed by atoms with Crippen molar-refractivity contribution in [2.75, 3.05) is 7.11 Å². The standard InChI is InChI=1S/C18H18O5/c1-8(2)14-13(23-3)6-10-4-9-5-11(19)7-12(20)15(9)18(22)16(10)17(14)21/h5-8,19-21H,4H2,1-3H3. The van der Waals surface area contributed by atoms with Gasteiger partial charge in [0, 0.05) is 11.6 Å². The van der Waals surface area contributed by atoms with E-state index < -0.39 is 5.78 Å². The van der Waals surface area contributed by atoms with Crippen molar-refractivity contribution in [2.45, 2.75) is 26.2 Å². The maximum Gasteiger partial charge on any atom is 0.201 e. The molecule has 5 nitrogen and oxygen atoms in total. The Kier molecular flexibility index (Phi) is 3.43. The van der Waals surface area contributed by atoms with Gasteiger partial charge in [0.15, 0.2) is 0 Å². The van der Waals surface area contributed by atoms with Crippen molar-refractivity contribution in [2.24, 2.45) is 0 Å². The summed E-state index contributed by atoms with van der Waals surface area (Å²) < 4.78 is 5.35. The highest BCUT2D eigenvalue weighted by Crippen LogP contribution is 2.44. The summed E-state index contributed by atoms with van der Waals surface area (Å²) in [7, 11) is 1.52. The molecule has 1 aliphatic rings. The van der Waals surface area contributed by atoms with Crippen molar-refractivity contribution in [3.8, 4) is 23.0 Å². The number of hydrogen-bond acceptors (Lipinski definition) is 5. The molecule has 0 radical (unpaired) electrons. The molecule has 0 spiro atoms. The first-order valence-electron chi connectivity index (χ1n) is 7.37. The summed E-state index contributed by atoms with van der Waals surface area (Å²) in [5.41, 5.74) is 2.04. The molecule has 0 aromatic heterocycles. The van der Waals surface area contributed by atoms with Gasteiger partial charge in [0.25, 0.3) is 0 Å². The molecular weight excluding hydrogens is 296 g/mol. The second kappa shape index (κ2) is 5.19. The Morgan fingerprint density at radius 1 is 1.04 bits per heavy atom. The Balaban J connectivity index is 2.29. The molecule has 0 amide bonds. The molecule has 0 saturated carbocycles. The number of carbonyl (C=O) groups excluding carboxylic acids is 1. The summed E-state index contributed by atoms with van der Waals surface area (Å²) in [5, 5.41) is 30.3. The number of ketones is 1. The van der Waals surface area contributed by atoms with E-state index >= 15 is 0 Å². The van der Waals surface area contributed by atoms with Crippen LogP contribution >= 0.6 is 0 Å². The molecule has 120 valence electrons. The van der Waals surface area contributed by atoms with E-state index in [2.05, 4.69) is 0 Å². The molecule has 1 aliphatic carbocycles. The zero-order valence-corrected chi connectivity index (χ0v) is 13.2. The van der Waals surface area contributed by atoms with Crippen LogP contribution in [-0.2, 0) is 6.42 Å². The van der Waals surface area contributed by atoms with Crippen LogP contribution in [0.3, 0.4) is 0 Å². The topological polar surface area (TPSA) is 87.0 Å². The van der Waals surface area contributed by atoms with Crippen molar-refractivity contribution < 1.29 is 24.9 Å². The number of hydrogen-bond donors (Lipinski definition) is 3. The summed E-state index contributed by atoms with van der Waals surface area (Å²) in [6, 6.07) is 4.33. The van der Waals surface area contributed by atoms with E-state index in [9.17, 15) is 20.1 Å². The van der Waals surface area contributed by atoms with Gasteiger partial charge >= 0.3 is 0 Å². The zero-order chi connectivity index (χ0) is 16.9. The number of methoxy groups -OCH3 is 1. The Labute approximate surface area is 133 Å². The van der Waals surface area contributed by atoms with Gasteiger partial charge in [-0.25, -0.2) is 0 Å². The fourth-order valence-electron chi connectivity index (χ4n) is 3.23. The van der Waals surface area contributed by atoms with Crippen LogP contribution in [0.15, 0.2) is 18.2 Å². The summed E-state index contributed by atoms with van der Waals surface area (Å²) in [6.07, 6.45) is 0.320. The normalized spacial score (nSPS) is 13.0. The highest BCUT2D eigenvalue weighted by molar-refractivity contribution is 6.16. The highest BCUT2D eigenvalue weighted by atomic mass is 16.5. The van der Waals surface area contributed by atoms with Crippen LogP contribution in [0.25, 0.3) is 0 Å². The van der Waals surface area contributed by atoms with Crippen molar-refractivity contribution >= 4 is 5.78 Å². The van der Waals surface area contributed by atoms with Crippen LogP contribution < -0.4 is 4.74 Å². The summed E-state index contributed by atoms with van der Waals surface area (Å²) in [6.45, 7) is 3.81. The average molecular weight is 314 g/mol. The zero-order valence-electron chi connectivity index (χ0n) is 13.2. The monoisotopic (exact) mass is 314 g/mol. The van der Waals surface area contributed by atoms with Gasteiger partial charge in [0.2, 0.25) is 5.78 Å². The Bertz CT molecular complexity index is 821. The number of carbonyl (C=O) groups is 1. The summed E-state index contributed by atoms with van der Waals surface area (Å²) in [5.74, 6) is -0.433. The van der Waals surface area contributed by atoms with Crippen LogP contribution in [0.2, 0.25) is 0 Å². The van der Waals surface area contributed by atoms with Gasteiger partial charge in [-0.3, -0.25) is 4.79 Å². The number of aromatic hydroxyl groups is 3. The minimum Gasteiger partial charge on any atom is -0.508 e. The molecule has 5 heteroatoms. The van der Waals surface area contributed by atoms with Crippen molar-refractivity contribution in [1.29, 1.82) is 0 Å². The summed E-state index contributed by atoms with van der Waals surface area (Å²) >= 11 is 0. The van der Waals surface area contributed by atoms with Gasteiger partial charge in [-0.15, -0.1) is 0 Å². The first-order valence-corrected chi connectivity index (χ1v) is 7.37. The molecule has 0 fully saturated rings. The highest BCUT2D eigenvalue weighted by Gasteiger charge is 2.32. The lowest BCUT2D eigenvalue weighted by Gasteiger charge is -2.24. The third-order valence-corrected chi connectivity index (χ3v) is 4.20. The Morgan fingerprint density at radius 3 is 2.30 bits per heavy atom. The SMILES string of the molecule is COc1cc2c(c(O)c1C(C)C)C(=O)c1c(O)cc(O)cc1C2. The molecule has 3 rings (SSSR count). The van der Waals surface area contributed by atoms with Gasteiger partial charge in [-0.1, -0.05) is 13.8 Å². The molecule has 3 N–H and O–H groups in total. The predicted molar refractivity (Wildman–Crippen MR) is 84.8 cm³/mol. The van der Waals surface area contributed by atoms with Crippen molar-refractivity contribution in [3.05, 3.63) is 46.0 Å². The molecule has 0 heterocycles. The average Bonchev–Trinajstić information content (AvgIpc) is 2.44. The van der Waals surface area contributed by atoms with Gasteiger partial charge in [0.1, 0.15) is 23.0 Å². The minimum atomic E-state index is -0.444. The van der Waals surface area contributed by atoms with E-state index in [1.54, 1.807) is 6.07 Å². The fraction of sp³-hybridized carbons (Fsp3) is 0.278. The van der Waals surface area contributed by atoms with Crippen molar-refractivity contribution in [3.63, 3.8) is 0 Å². The Hall–Kier alpha value is -2.69. The summed E-state index contributed by atoms with van der Waals surface area (Å²) in [4.78, 5) is 12.8. The molecule has 23 heavy (non-hydrogen) atoms.